The van der Waals surface area contributed by atoms with Gasteiger partial charge >= 0.3 is 0 Å². The van der Waals surface area contributed by atoms with Crippen molar-refractivity contribution < 1.29 is 9.53 Å². The molecule has 114 valence electrons. The van der Waals surface area contributed by atoms with Crippen molar-refractivity contribution in [1.82, 2.24) is 10.2 Å². The van der Waals surface area contributed by atoms with Crippen molar-refractivity contribution in [3.05, 3.63) is 29.8 Å². The Morgan fingerprint density at radius 1 is 1.24 bits per heavy atom. The van der Waals surface area contributed by atoms with E-state index in [9.17, 15) is 4.79 Å². The van der Waals surface area contributed by atoms with Gasteiger partial charge in [0.15, 0.2) is 0 Å². The van der Waals surface area contributed by atoms with E-state index >= 15 is 0 Å². The molecule has 1 aliphatic heterocycles. The van der Waals surface area contributed by atoms with Gasteiger partial charge in [-0.3, -0.25) is 4.79 Å². The van der Waals surface area contributed by atoms with Crippen LogP contribution in [-0.4, -0.2) is 36.5 Å². The predicted molar refractivity (Wildman–Crippen MR) is 82.2 cm³/mol. The van der Waals surface area contributed by atoms with Crippen LogP contribution in [0.15, 0.2) is 24.3 Å². The van der Waals surface area contributed by atoms with Crippen molar-refractivity contribution in [2.24, 2.45) is 0 Å². The standard InChI is InChI=1S/C17H24N2O2/c1-21-15-9-5-13(6-10-15)12-19(14-7-8-14)17(20)16-4-2-3-11-18-16/h5-6,9-10,14,16,18H,2-4,7-8,11-12H2,1H3/t16-/m0/s1. The van der Waals surface area contributed by atoms with E-state index in [0.717, 1.165) is 38.0 Å². The first-order valence-electron chi connectivity index (χ1n) is 7.95. The van der Waals surface area contributed by atoms with Gasteiger partial charge in [-0.25, -0.2) is 0 Å². The lowest BCUT2D eigenvalue weighted by Crippen LogP contribution is -2.49. The molecule has 3 rings (SSSR count). The molecule has 1 aromatic carbocycles. The molecule has 0 aromatic heterocycles. The average Bonchev–Trinajstić information content (AvgIpc) is 3.38. The summed E-state index contributed by atoms with van der Waals surface area (Å²) < 4.78 is 5.19. The third-order valence-corrected chi connectivity index (χ3v) is 4.39. The summed E-state index contributed by atoms with van der Waals surface area (Å²) in [4.78, 5) is 14.8. The fourth-order valence-corrected chi connectivity index (χ4v) is 2.96. The van der Waals surface area contributed by atoms with Crippen LogP contribution in [0.2, 0.25) is 0 Å². The summed E-state index contributed by atoms with van der Waals surface area (Å²) in [7, 11) is 1.67. The van der Waals surface area contributed by atoms with E-state index in [1.165, 1.54) is 12.0 Å². The topological polar surface area (TPSA) is 41.6 Å². The fraction of sp³-hybridized carbons (Fsp3) is 0.588. The first-order valence-corrected chi connectivity index (χ1v) is 7.95. The van der Waals surface area contributed by atoms with E-state index in [4.69, 9.17) is 4.74 Å². The molecule has 21 heavy (non-hydrogen) atoms. The van der Waals surface area contributed by atoms with Crippen LogP contribution in [0.4, 0.5) is 0 Å². The quantitative estimate of drug-likeness (QED) is 0.904. The second-order valence-corrected chi connectivity index (χ2v) is 6.05. The number of methoxy groups -OCH3 is 1. The highest BCUT2D eigenvalue weighted by Gasteiger charge is 2.36. The normalized spacial score (nSPS) is 21.9. The lowest BCUT2D eigenvalue weighted by Gasteiger charge is -2.30. The van der Waals surface area contributed by atoms with Gasteiger partial charge in [0.1, 0.15) is 5.75 Å². The van der Waals surface area contributed by atoms with Crippen molar-refractivity contribution in [3.8, 4) is 5.75 Å². The Bertz CT molecular complexity index is 476. The number of nitrogens with zero attached hydrogens (tertiary/aromatic N) is 1. The number of carbonyl (C=O) groups excluding carboxylic acids is 1. The Morgan fingerprint density at radius 2 is 2.00 bits per heavy atom. The molecule has 1 amide bonds. The third kappa shape index (κ3) is 3.56. The van der Waals surface area contributed by atoms with Crippen LogP contribution in [0.5, 0.6) is 5.75 Å². The van der Waals surface area contributed by atoms with E-state index in [2.05, 4.69) is 22.3 Å². The maximum absolute atomic E-state index is 12.7. The zero-order valence-corrected chi connectivity index (χ0v) is 12.7. The molecule has 4 heteroatoms. The van der Waals surface area contributed by atoms with Gasteiger partial charge in [-0.2, -0.15) is 0 Å². The molecule has 0 bridgehead atoms. The molecule has 1 heterocycles. The highest BCUT2D eigenvalue weighted by molar-refractivity contribution is 5.82. The third-order valence-electron chi connectivity index (χ3n) is 4.39. The summed E-state index contributed by atoms with van der Waals surface area (Å²) in [6.45, 7) is 1.68. The molecule has 1 saturated heterocycles. The molecular weight excluding hydrogens is 264 g/mol. The van der Waals surface area contributed by atoms with E-state index in [-0.39, 0.29) is 11.9 Å². The van der Waals surface area contributed by atoms with Crippen LogP contribution in [0.25, 0.3) is 0 Å². The number of hydrogen-bond acceptors (Lipinski definition) is 3. The smallest absolute Gasteiger partial charge is 0.240 e. The van der Waals surface area contributed by atoms with Gasteiger partial charge in [-0.1, -0.05) is 18.6 Å². The van der Waals surface area contributed by atoms with Crippen LogP contribution in [-0.2, 0) is 11.3 Å². The first-order chi connectivity index (χ1) is 10.3. The molecule has 0 spiro atoms. The molecule has 0 unspecified atom stereocenters. The minimum atomic E-state index is 0.0256. The Labute approximate surface area is 126 Å². The van der Waals surface area contributed by atoms with E-state index in [1.54, 1.807) is 7.11 Å². The molecule has 1 aromatic rings. The van der Waals surface area contributed by atoms with Crippen LogP contribution in [0.1, 0.15) is 37.7 Å². The zero-order chi connectivity index (χ0) is 14.7. The predicted octanol–water partition coefficient (Wildman–Crippen LogP) is 2.33. The highest BCUT2D eigenvalue weighted by Crippen LogP contribution is 2.30. The zero-order valence-electron chi connectivity index (χ0n) is 12.7. The molecular formula is C17H24N2O2. The maximum atomic E-state index is 12.7. The van der Waals surface area contributed by atoms with Gasteiger partial charge in [0.05, 0.1) is 13.2 Å². The Hall–Kier alpha value is -1.55. The molecule has 1 N–H and O–H groups in total. The van der Waals surface area contributed by atoms with Gasteiger partial charge in [-0.15, -0.1) is 0 Å². The number of nitrogens with one attached hydrogen (secondary N) is 1. The second-order valence-electron chi connectivity index (χ2n) is 6.05. The molecule has 4 nitrogen and oxygen atoms in total. The number of ether oxygens (including phenoxy) is 1. The number of piperidine rings is 1. The van der Waals surface area contributed by atoms with Crippen molar-refractivity contribution in [1.29, 1.82) is 0 Å². The van der Waals surface area contributed by atoms with Crippen LogP contribution >= 0.6 is 0 Å². The van der Waals surface area contributed by atoms with E-state index in [0.29, 0.717) is 12.6 Å². The van der Waals surface area contributed by atoms with Crippen LogP contribution < -0.4 is 10.1 Å². The second kappa shape index (κ2) is 6.48. The number of carbonyl (C=O) groups is 1. The first kappa shape index (κ1) is 14.4. The Morgan fingerprint density at radius 3 is 2.57 bits per heavy atom. The van der Waals surface area contributed by atoms with Crippen LogP contribution in [0.3, 0.4) is 0 Å². The average molecular weight is 288 g/mol. The highest BCUT2D eigenvalue weighted by atomic mass is 16.5. The van der Waals surface area contributed by atoms with Gasteiger partial charge in [0.2, 0.25) is 5.91 Å². The van der Waals surface area contributed by atoms with Gasteiger partial charge < -0.3 is 15.0 Å². The summed E-state index contributed by atoms with van der Waals surface area (Å²) in [6.07, 6.45) is 5.62. The molecule has 2 aliphatic rings. The SMILES string of the molecule is COc1ccc(CN(C(=O)[C@@H]2CCCCN2)C2CC2)cc1. The van der Waals surface area contributed by atoms with E-state index < -0.39 is 0 Å². The lowest BCUT2D eigenvalue weighted by atomic mass is 10.0. The maximum Gasteiger partial charge on any atom is 0.240 e. The van der Waals surface area contributed by atoms with Gasteiger partial charge in [0.25, 0.3) is 0 Å². The van der Waals surface area contributed by atoms with Crippen molar-refractivity contribution in [2.45, 2.75) is 50.7 Å². The Kier molecular flexibility index (Phi) is 4.44. The molecule has 1 saturated carbocycles. The molecule has 0 radical (unpaired) electrons. The van der Waals surface area contributed by atoms with Gasteiger partial charge in [-0.05, 0) is 49.9 Å². The van der Waals surface area contributed by atoms with Crippen molar-refractivity contribution >= 4 is 5.91 Å². The Balaban J connectivity index is 1.67. The minimum Gasteiger partial charge on any atom is -0.497 e. The summed E-state index contributed by atoms with van der Waals surface area (Å²) >= 11 is 0. The molecule has 2 fully saturated rings. The number of hydrogen-bond donors (Lipinski definition) is 1. The number of rotatable bonds is 5. The van der Waals surface area contributed by atoms with Gasteiger partial charge in [0, 0.05) is 12.6 Å². The summed E-state index contributed by atoms with van der Waals surface area (Å²) in [5.41, 5.74) is 1.17. The van der Waals surface area contributed by atoms with Crippen LogP contribution in [0, 0.1) is 0 Å². The largest absolute Gasteiger partial charge is 0.497 e. The van der Waals surface area contributed by atoms with E-state index in [1.807, 2.05) is 12.1 Å². The summed E-state index contributed by atoms with van der Waals surface area (Å²) in [5.74, 6) is 1.14. The van der Waals surface area contributed by atoms with Crippen molar-refractivity contribution in [2.75, 3.05) is 13.7 Å². The monoisotopic (exact) mass is 288 g/mol. The number of amides is 1. The minimum absolute atomic E-state index is 0.0256. The molecule has 1 aliphatic carbocycles. The lowest BCUT2D eigenvalue weighted by molar-refractivity contribution is -0.135. The van der Waals surface area contributed by atoms with Crippen molar-refractivity contribution in [3.63, 3.8) is 0 Å². The summed E-state index contributed by atoms with van der Waals surface area (Å²) in [6, 6.07) is 8.50. The fourth-order valence-electron chi connectivity index (χ4n) is 2.96. The number of benzene rings is 1. The summed E-state index contributed by atoms with van der Waals surface area (Å²) in [5, 5.41) is 3.37. The molecule has 1 atom stereocenters.